The number of aromatic hydroxyl groups is 1. The number of piperidine rings is 1. The van der Waals surface area contributed by atoms with Crippen LogP contribution in [0.5, 0.6) is 11.5 Å². The number of para-hydroxylation sites is 1. The molecule has 1 fully saturated rings. The molecule has 0 aliphatic carbocycles. The summed E-state index contributed by atoms with van der Waals surface area (Å²) in [5.74, 6) is 0.885. The van der Waals surface area contributed by atoms with Gasteiger partial charge in [-0.3, -0.25) is 0 Å². The van der Waals surface area contributed by atoms with E-state index in [2.05, 4.69) is 5.32 Å². The highest BCUT2D eigenvalue weighted by Gasteiger charge is 2.19. The highest BCUT2D eigenvalue weighted by Crippen LogP contribution is 2.36. The molecule has 2 rings (SSSR count). The van der Waals surface area contributed by atoms with Crippen LogP contribution in [0.15, 0.2) is 18.2 Å². The summed E-state index contributed by atoms with van der Waals surface area (Å²) in [6.07, 6.45) is 3.53. The summed E-state index contributed by atoms with van der Waals surface area (Å²) in [7, 11) is 0. The fraction of sp³-hybridized carbons (Fsp3) is 0.538. The molecule has 2 N–H and O–H groups in total. The Bertz CT molecular complexity index is 346. The topological polar surface area (TPSA) is 41.5 Å². The van der Waals surface area contributed by atoms with Crippen LogP contribution in [0, 0.1) is 0 Å². The number of rotatable bonds is 3. The van der Waals surface area contributed by atoms with E-state index in [0.29, 0.717) is 18.1 Å². The summed E-state index contributed by atoms with van der Waals surface area (Å²) < 4.78 is 5.39. The lowest BCUT2D eigenvalue weighted by Crippen LogP contribution is -2.26. The van der Waals surface area contributed by atoms with Crippen LogP contribution in [0.25, 0.3) is 0 Å². The smallest absolute Gasteiger partial charge is 0.162 e. The van der Waals surface area contributed by atoms with E-state index in [0.717, 1.165) is 18.5 Å². The van der Waals surface area contributed by atoms with E-state index in [-0.39, 0.29) is 6.04 Å². The molecule has 1 saturated heterocycles. The first kappa shape index (κ1) is 11.3. The van der Waals surface area contributed by atoms with Crippen molar-refractivity contribution in [1.29, 1.82) is 0 Å². The number of ether oxygens (including phenoxy) is 1. The molecule has 1 aromatic carbocycles. The van der Waals surface area contributed by atoms with Crippen LogP contribution in [0.3, 0.4) is 0 Å². The first-order chi connectivity index (χ1) is 7.83. The summed E-state index contributed by atoms with van der Waals surface area (Å²) in [6.45, 7) is 3.53. The maximum atomic E-state index is 10.1. The molecule has 16 heavy (non-hydrogen) atoms. The maximum Gasteiger partial charge on any atom is 0.162 e. The average Bonchev–Trinajstić information content (AvgIpc) is 2.33. The molecule has 88 valence electrons. The summed E-state index contributed by atoms with van der Waals surface area (Å²) >= 11 is 0. The maximum absolute atomic E-state index is 10.1. The molecule has 0 aromatic heterocycles. The largest absolute Gasteiger partial charge is 0.504 e. The molecule has 1 aromatic rings. The zero-order chi connectivity index (χ0) is 11.4. The Morgan fingerprint density at radius 1 is 1.44 bits per heavy atom. The van der Waals surface area contributed by atoms with Gasteiger partial charge in [-0.2, -0.15) is 0 Å². The van der Waals surface area contributed by atoms with Crippen LogP contribution < -0.4 is 10.1 Å². The number of phenols is 1. The second-order valence-electron chi connectivity index (χ2n) is 4.13. The van der Waals surface area contributed by atoms with Gasteiger partial charge in [-0.1, -0.05) is 18.6 Å². The SMILES string of the molecule is CCOc1cccc([C@H]2CCCCN2)c1O. The summed E-state index contributed by atoms with van der Waals surface area (Å²) in [5.41, 5.74) is 0.964. The predicted molar refractivity (Wildman–Crippen MR) is 63.9 cm³/mol. The second-order valence-corrected chi connectivity index (χ2v) is 4.13. The molecule has 1 aliphatic heterocycles. The number of hydrogen-bond acceptors (Lipinski definition) is 3. The van der Waals surface area contributed by atoms with Crippen molar-refractivity contribution in [2.24, 2.45) is 0 Å². The Morgan fingerprint density at radius 3 is 3.00 bits per heavy atom. The van der Waals surface area contributed by atoms with E-state index in [1.54, 1.807) is 0 Å². The van der Waals surface area contributed by atoms with Gasteiger partial charge in [0.2, 0.25) is 0 Å². The molecule has 0 amide bonds. The Kier molecular flexibility index (Phi) is 3.67. The Hall–Kier alpha value is -1.22. The predicted octanol–water partition coefficient (Wildman–Crippen LogP) is 2.61. The van der Waals surface area contributed by atoms with Crippen LogP contribution in [0.2, 0.25) is 0 Å². The van der Waals surface area contributed by atoms with Gasteiger partial charge in [-0.25, -0.2) is 0 Å². The van der Waals surface area contributed by atoms with E-state index in [1.807, 2.05) is 25.1 Å². The second kappa shape index (κ2) is 5.21. The quantitative estimate of drug-likeness (QED) is 0.824. The zero-order valence-electron chi connectivity index (χ0n) is 9.70. The van der Waals surface area contributed by atoms with Gasteiger partial charge >= 0.3 is 0 Å². The molecule has 0 saturated carbocycles. The van der Waals surface area contributed by atoms with Crippen molar-refractivity contribution in [3.63, 3.8) is 0 Å². The molecule has 3 heteroatoms. The third-order valence-electron chi connectivity index (χ3n) is 3.02. The molecule has 0 bridgehead atoms. The van der Waals surface area contributed by atoms with E-state index >= 15 is 0 Å². The van der Waals surface area contributed by atoms with E-state index in [9.17, 15) is 5.11 Å². The van der Waals surface area contributed by atoms with Crippen molar-refractivity contribution in [1.82, 2.24) is 5.32 Å². The Labute approximate surface area is 96.4 Å². The zero-order valence-corrected chi connectivity index (χ0v) is 9.70. The van der Waals surface area contributed by atoms with Gasteiger partial charge in [0.25, 0.3) is 0 Å². The lowest BCUT2D eigenvalue weighted by Gasteiger charge is -2.25. The van der Waals surface area contributed by atoms with Crippen molar-refractivity contribution in [2.75, 3.05) is 13.2 Å². The number of hydrogen-bond donors (Lipinski definition) is 2. The molecule has 1 heterocycles. The third-order valence-corrected chi connectivity index (χ3v) is 3.02. The minimum atomic E-state index is 0.272. The van der Waals surface area contributed by atoms with Gasteiger partial charge in [0.05, 0.1) is 6.61 Å². The van der Waals surface area contributed by atoms with Crippen LogP contribution in [0.1, 0.15) is 37.8 Å². The third kappa shape index (κ3) is 2.30. The molecule has 3 nitrogen and oxygen atoms in total. The average molecular weight is 221 g/mol. The minimum absolute atomic E-state index is 0.272. The molecule has 0 spiro atoms. The highest BCUT2D eigenvalue weighted by atomic mass is 16.5. The van der Waals surface area contributed by atoms with E-state index in [4.69, 9.17) is 4.74 Å². The first-order valence-corrected chi connectivity index (χ1v) is 6.01. The lowest BCUT2D eigenvalue weighted by atomic mass is 9.96. The summed E-state index contributed by atoms with van der Waals surface area (Å²) in [4.78, 5) is 0. The van der Waals surface area contributed by atoms with Crippen LogP contribution in [-0.2, 0) is 0 Å². The summed E-state index contributed by atoms with van der Waals surface area (Å²) in [6, 6.07) is 6.00. The van der Waals surface area contributed by atoms with Gasteiger partial charge in [0.1, 0.15) is 0 Å². The van der Waals surface area contributed by atoms with Gasteiger partial charge in [-0.05, 0) is 32.4 Å². The van der Waals surface area contributed by atoms with E-state index in [1.165, 1.54) is 12.8 Å². The number of phenolic OH excluding ortho intramolecular Hbond substituents is 1. The van der Waals surface area contributed by atoms with Crippen molar-refractivity contribution in [2.45, 2.75) is 32.2 Å². The molecule has 1 atom stereocenters. The Balaban J connectivity index is 2.22. The van der Waals surface area contributed by atoms with Crippen molar-refractivity contribution in [3.05, 3.63) is 23.8 Å². The number of nitrogens with one attached hydrogen (secondary N) is 1. The molecular formula is C13H19NO2. The van der Waals surface area contributed by atoms with Crippen LogP contribution >= 0.6 is 0 Å². The highest BCUT2D eigenvalue weighted by molar-refractivity contribution is 5.47. The van der Waals surface area contributed by atoms with E-state index < -0.39 is 0 Å². The van der Waals surface area contributed by atoms with Crippen LogP contribution in [0.4, 0.5) is 0 Å². The Morgan fingerprint density at radius 2 is 2.31 bits per heavy atom. The molecule has 1 aliphatic rings. The first-order valence-electron chi connectivity index (χ1n) is 6.01. The van der Waals surface area contributed by atoms with Crippen LogP contribution in [-0.4, -0.2) is 18.3 Å². The standard InChI is InChI=1S/C13H19NO2/c1-2-16-12-8-5-6-10(13(12)15)11-7-3-4-9-14-11/h5-6,8,11,14-15H,2-4,7,9H2,1H3/t11-/m1/s1. The van der Waals surface area contributed by atoms with Gasteiger partial charge in [0.15, 0.2) is 11.5 Å². The molecule has 0 unspecified atom stereocenters. The monoisotopic (exact) mass is 221 g/mol. The lowest BCUT2D eigenvalue weighted by molar-refractivity contribution is 0.312. The van der Waals surface area contributed by atoms with Crippen molar-refractivity contribution >= 4 is 0 Å². The number of benzene rings is 1. The van der Waals surface area contributed by atoms with Gasteiger partial charge in [-0.15, -0.1) is 0 Å². The minimum Gasteiger partial charge on any atom is -0.504 e. The fourth-order valence-corrected chi connectivity index (χ4v) is 2.21. The van der Waals surface area contributed by atoms with Gasteiger partial charge in [0, 0.05) is 11.6 Å². The van der Waals surface area contributed by atoms with Gasteiger partial charge < -0.3 is 15.2 Å². The normalized spacial score (nSPS) is 20.7. The molecule has 0 radical (unpaired) electrons. The summed E-state index contributed by atoms with van der Waals surface area (Å²) in [5, 5.41) is 13.5. The fourth-order valence-electron chi connectivity index (χ4n) is 2.21. The van der Waals surface area contributed by atoms with Crippen molar-refractivity contribution in [3.8, 4) is 11.5 Å². The van der Waals surface area contributed by atoms with Crippen molar-refractivity contribution < 1.29 is 9.84 Å². The molecular weight excluding hydrogens is 202 g/mol.